The van der Waals surface area contributed by atoms with Crippen LogP contribution < -0.4 is 10.5 Å². The Kier molecular flexibility index (Phi) is 3.58. The maximum Gasteiger partial charge on any atom is 0.165 e. The van der Waals surface area contributed by atoms with E-state index in [1.807, 2.05) is 38.1 Å². The van der Waals surface area contributed by atoms with E-state index < -0.39 is 11.4 Å². The fraction of sp³-hybridized carbons (Fsp3) is 0.250. The molecule has 0 fully saturated rings. The van der Waals surface area contributed by atoms with Gasteiger partial charge in [-0.15, -0.1) is 0 Å². The summed E-state index contributed by atoms with van der Waals surface area (Å²) in [6.45, 7) is 3.89. The van der Waals surface area contributed by atoms with Gasteiger partial charge in [-0.1, -0.05) is 35.9 Å². The average molecular weight is 259 g/mol. The first-order valence-electron chi connectivity index (χ1n) is 6.15. The molecule has 2 aromatic carbocycles. The lowest BCUT2D eigenvalue weighted by molar-refractivity contribution is 0.385. The summed E-state index contributed by atoms with van der Waals surface area (Å²) in [5.74, 6) is -0.174. The number of hydrogen-bond acceptors (Lipinski definition) is 2. The van der Waals surface area contributed by atoms with E-state index in [9.17, 15) is 4.39 Å². The van der Waals surface area contributed by atoms with Crippen LogP contribution >= 0.6 is 0 Å². The predicted molar refractivity (Wildman–Crippen MR) is 74.8 cm³/mol. The molecule has 0 saturated carbocycles. The Morgan fingerprint density at radius 2 is 1.63 bits per heavy atom. The molecule has 0 radical (unpaired) electrons. The third-order valence-electron chi connectivity index (χ3n) is 3.40. The molecule has 2 nitrogen and oxygen atoms in total. The van der Waals surface area contributed by atoms with Crippen LogP contribution in [0.3, 0.4) is 0 Å². The zero-order chi connectivity index (χ0) is 14.0. The fourth-order valence-electron chi connectivity index (χ4n) is 2.06. The Morgan fingerprint density at radius 1 is 1.05 bits per heavy atom. The van der Waals surface area contributed by atoms with Gasteiger partial charge in [-0.25, -0.2) is 4.39 Å². The van der Waals surface area contributed by atoms with E-state index in [1.165, 1.54) is 18.7 Å². The highest BCUT2D eigenvalue weighted by molar-refractivity contribution is 5.41. The van der Waals surface area contributed by atoms with Crippen molar-refractivity contribution < 1.29 is 9.13 Å². The number of hydrogen-bond donors (Lipinski definition) is 1. The van der Waals surface area contributed by atoms with Gasteiger partial charge in [0.05, 0.1) is 12.6 Å². The van der Waals surface area contributed by atoms with Crippen molar-refractivity contribution in [1.82, 2.24) is 0 Å². The molecule has 0 aliphatic carbocycles. The lowest BCUT2D eigenvalue weighted by atomic mass is 9.85. The average Bonchev–Trinajstić information content (AvgIpc) is 2.39. The number of halogens is 1. The molecule has 1 unspecified atom stereocenters. The minimum atomic E-state index is -0.735. The highest BCUT2D eigenvalue weighted by atomic mass is 19.1. The molecule has 3 heteroatoms. The van der Waals surface area contributed by atoms with Crippen LogP contribution in [0, 0.1) is 12.7 Å². The summed E-state index contributed by atoms with van der Waals surface area (Å²) in [6.07, 6.45) is 0. The monoisotopic (exact) mass is 259 g/mol. The predicted octanol–water partition coefficient (Wildman–Crippen LogP) is 3.36. The molecule has 0 aliphatic rings. The van der Waals surface area contributed by atoms with Gasteiger partial charge < -0.3 is 10.5 Å². The van der Waals surface area contributed by atoms with Crippen LogP contribution in [0.15, 0.2) is 42.5 Å². The van der Waals surface area contributed by atoms with E-state index in [0.29, 0.717) is 0 Å². The maximum absolute atomic E-state index is 13.8. The molecule has 0 aromatic heterocycles. The molecule has 2 aromatic rings. The smallest absolute Gasteiger partial charge is 0.165 e. The molecule has 1 atom stereocenters. The molecule has 0 bridgehead atoms. The lowest BCUT2D eigenvalue weighted by Crippen LogP contribution is -2.34. The van der Waals surface area contributed by atoms with Crippen molar-refractivity contribution >= 4 is 0 Å². The van der Waals surface area contributed by atoms with E-state index in [2.05, 4.69) is 0 Å². The minimum Gasteiger partial charge on any atom is -0.494 e. The van der Waals surface area contributed by atoms with Gasteiger partial charge in [-0.05, 0) is 37.1 Å². The Hall–Kier alpha value is -1.87. The molecule has 2 N–H and O–H groups in total. The molecule has 0 aliphatic heterocycles. The van der Waals surface area contributed by atoms with Gasteiger partial charge >= 0.3 is 0 Å². The van der Waals surface area contributed by atoms with Crippen LogP contribution in [0.5, 0.6) is 5.75 Å². The fourth-order valence-corrected chi connectivity index (χ4v) is 2.06. The molecule has 0 heterocycles. The topological polar surface area (TPSA) is 35.2 Å². The number of benzene rings is 2. The summed E-state index contributed by atoms with van der Waals surface area (Å²) in [7, 11) is 1.44. The molecule has 100 valence electrons. The molecule has 0 spiro atoms. The van der Waals surface area contributed by atoms with Crippen LogP contribution in [0.2, 0.25) is 0 Å². The first-order valence-corrected chi connectivity index (χ1v) is 6.15. The van der Waals surface area contributed by atoms with Crippen molar-refractivity contribution in [3.05, 3.63) is 65.0 Å². The normalized spacial score (nSPS) is 13.9. The van der Waals surface area contributed by atoms with Gasteiger partial charge in [0.15, 0.2) is 11.6 Å². The van der Waals surface area contributed by atoms with E-state index >= 15 is 0 Å². The van der Waals surface area contributed by atoms with Crippen molar-refractivity contribution in [2.24, 2.45) is 5.73 Å². The standard InChI is InChI=1S/C16H18FNO/c1-11-4-6-12(7-5-11)16(2,18)13-8-9-15(19-3)14(17)10-13/h4-10H,18H2,1-3H3. The zero-order valence-electron chi connectivity index (χ0n) is 11.4. The SMILES string of the molecule is COc1ccc(C(C)(N)c2ccc(C)cc2)cc1F. The third-order valence-corrected chi connectivity index (χ3v) is 3.40. The van der Waals surface area contributed by atoms with Crippen LogP contribution in [-0.2, 0) is 5.54 Å². The van der Waals surface area contributed by atoms with E-state index in [0.717, 1.165) is 11.1 Å². The number of methoxy groups -OCH3 is 1. The van der Waals surface area contributed by atoms with Gasteiger partial charge in [-0.2, -0.15) is 0 Å². The van der Waals surface area contributed by atoms with Crippen LogP contribution in [0.4, 0.5) is 4.39 Å². The highest BCUT2D eigenvalue weighted by Gasteiger charge is 2.24. The summed E-state index contributed by atoms with van der Waals surface area (Å²) in [5.41, 5.74) is 8.46. The second kappa shape index (κ2) is 5.02. The third kappa shape index (κ3) is 2.61. The quantitative estimate of drug-likeness (QED) is 0.917. The summed E-state index contributed by atoms with van der Waals surface area (Å²) >= 11 is 0. The van der Waals surface area contributed by atoms with Gasteiger partial charge in [0.2, 0.25) is 0 Å². The second-order valence-electron chi connectivity index (χ2n) is 4.92. The van der Waals surface area contributed by atoms with Crippen molar-refractivity contribution in [2.75, 3.05) is 7.11 Å². The minimum absolute atomic E-state index is 0.225. The van der Waals surface area contributed by atoms with Gasteiger partial charge in [0, 0.05) is 0 Å². The first kappa shape index (κ1) is 13.6. The van der Waals surface area contributed by atoms with Crippen LogP contribution in [0.1, 0.15) is 23.6 Å². The molecule has 19 heavy (non-hydrogen) atoms. The summed E-state index contributed by atoms with van der Waals surface area (Å²) in [5, 5.41) is 0. The summed E-state index contributed by atoms with van der Waals surface area (Å²) in [4.78, 5) is 0. The lowest BCUT2D eigenvalue weighted by Gasteiger charge is -2.26. The van der Waals surface area contributed by atoms with Crippen LogP contribution in [-0.4, -0.2) is 7.11 Å². The largest absolute Gasteiger partial charge is 0.494 e. The van der Waals surface area contributed by atoms with E-state index in [-0.39, 0.29) is 5.75 Å². The Labute approximate surface area is 113 Å². The van der Waals surface area contributed by atoms with Crippen molar-refractivity contribution in [2.45, 2.75) is 19.4 Å². The Balaban J connectivity index is 2.43. The Morgan fingerprint density at radius 3 is 2.16 bits per heavy atom. The molecule has 2 rings (SSSR count). The number of ether oxygens (including phenoxy) is 1. The second-order valence-corrected chi connectivity index (χ2v) is 4.92. The number of aryl methyl sites for hydroxylation is 1. The van der Waals surface area contributed by atoms with E-state index in [4.69, 9.17) is 10.5 Å². The molecule has 0 amide bonds. The zero-order valence-corrected chi connectivity index (χ0v) is 11.4. The molecular weight excluding hydrogens is 241 g/mol. The Bertz CT molecular complexity index is 576. The molecular formula is C16H18FNO. The molecule has 0 saturated heterocycles. The number of rotatable bonds is 3. The maximum atomic E-state index is 13.8. The first-order chi connectivity index (χ1) is 8.95. The summed E-state index contributed by atoms with van der Waals surface area (Å²) < 4.78 is 18.7. The number of nitrogens with two attached hydrogens (primary N) is 1. The van der Waals surface area contributed by atoms with E-state index in [1.54, 1.807) is 12.1 Å². The summed E-state index contributed by atoms with van der Waals surface area (Å²) in [6, 6.07) is 12.8. The van der Waals surface area contributed by atoms with Gasteiger partial charge in [0.25, 0.3) is 0 Å². The van der Waals surface area contributed by atoms with Crippen molar-refractivity contribution in [1.29, 1.82) is 0 Å². The van der Waals surface area contributed by atoms with Gasteiger partial charge in [-0.3, -0.25) is 0 Å². The highest BCUT2D eigenvalue weighted by Crippen LogP contribution is 2.29. The van der Waals surface area contributed by atoms with Gasteiger partial charge in [0.1, 0.15) is 0 Å². The van der Waals surface area contributed by atoms with Crippen LogP contribution in [0.25, 0.3) is 0 Å². The van der Waals surface area contributed by atoms with Crippen molar-refractivity contribution in [3.63, 3.8) is 0 Å². The van der Waals surface area contributed by atoms with Crippen molar-refractivity contribution in [3.8, 4) is 5.75 Å².